The van der Waals surface area contributed by atoms with Crippen molar-refractivity contribution < 1.29 is 8.78 Å². The molecule has 0 spiro atoms. The smallest absolute Gasteiger partial charge is 0.173 e. The van der Waals surface area contributed by atoms with Crippen LogP contribution in [0.25, 0.3) is 0 Å². The van der Waals surface area contributed by atoms with E-state index >= 15 is 0 Å². The quantitative estimate of drug-likeness (QED) is 0.509. The standard InChI is InChI=1S/C6H6F2S/c1-4-5(6(7)8)2-3-9-4/h2-4H,1H3. The van der Waals surface area contributed by atoms with Gasteiger partial charge in [0.2, 0.25) is 0 Å². The second-order valence-electron chi connectivity index (χ2n) is 1.80. The lowest BCUT2D eigenvalue weighted by molar-refractivity contribution is 0.413. The summed E-state index contributed by atoms with van der Waals surface area (Å²) in [4.78, 5) is 0. The lowest BCUT2D eigenvalue weighted by atomic mass is 10.2. The maximum atomic E-state index is 11.8. The van der Waals surface area contributed by atoms with E-state index in [1.807, 2.05) is 0 Å². The number of hydrogen-bond donors (Lipinski definition) is 0. The molecular weight excluding hydrogens is 142 g/mol. The van der Waals surface area contributed by atoms with Crippen LogP contribution >= 0.6 is 11.8 Å². The topological polar surface area (TPSA) is 0 Å². The average molecular weight is 148 g/mol. The van der Waals surface area contributed by atoms with Crippen LogP contribution in [-0.2, 0) is 0 Å². The van der Waals surface area contributed by atoms with Crippen LogP contribution < -0.4 is 0 Å². The highest BCUT2D eigenvalue weighted by Crippen LogP contribution is 2.31. The highest BCUT2D eigenvalue weighted by molar-refractivity contribution is 8.03. The minimum atomic E-state index is -1.55. The maximum absolute atomic E-state index is 11.8. The van der Waals surface area contributed by atoms with Crippen molar-refractivity contribution in [2.45, 2.75) is 12.2 Å². The van der Waals surface area contributed by atoms with Gasteiger partial charge in [0.25, 0.3) is 6.08 Å². The van der Waals surface area contributed by atoms with Gasteiger partial charge >= 0.3 is 0 Å². The first-order valence-corrected chi connectivity index (χ1v) is 3.53. The molecule has 0 aromatic carbocycles. The molecule has 0 saturated heterocycles. The van der Waals surface area contributed by atoms with Gasteiger partial charge in [0.15, 0.2) is 0 Å². The Hall–Kier alpha value is -0.310. The molecule has 0 aliphatic carbocycles. The zero-order valence-corrected chi connectivity index (χ0v) is 5.71. The van der Waals surface area contributed by atoms with Gasteiger partial charge in [0.1, 0.15) is 0 Å². The van der Waals surface area contributed by atoms with Crippen LogP contribution in [0.5, 0.6) is 0 Å². The predicted molar refractivity (Wildman–Crippen MR) is 35.4 cm³/mol. The largest absolute Gasteiger partial charge is 0.274 e. The van der Waals surface area contributed by atoms with Crippen molar-refractivity contribution in [3.05, 3.63) is 23.1 Å². The van der Waals surface area contributed by atoms with Gasteiger partial charge in [0.05, 0.1) is 0 Å². The third kappa shape index (κ3) is 1.33. The third-order valence-corrected chi connectivity index (χ3v) is 2.14. The summed E-state index contributed by atoms with van der Waals surface area (Å²) in [6, 6.07) is 0. The molecule has 1 rings (SSSR count). The minimum Gasteiger partial charge on any atom is -0.173 e. The Morgan fingerprint density at radius 3 is 2.56 bits per heavy atom. The fraction of sp³-hybridized carbons (Fsp3) is 0.333. The number of hydrogen-bond acceptors (Lipinski definition) is 1. The first-order valence-electron chi connectivity index (χ1n) is 2.59. The van der Waals surface area contributed by atoms with Crippen molar-refractivity contribution in [2.75, 3.05) is 0 Å². The van der Waals surface area contributed by atoms with Crippen LogP contribution in [0.3, 0.4) is 0 Å². The van der Waals surface area contributed by atoms with Gasteiger partial charge in [-0.1, -0.05) is 0 Å². The second-order valence-corrected chi connectivity index (χ2v) is 3.05. The molecule has 0 radical (unpaired) electrons. The van der Waals surface area contributed by atoms with Gasteiger partial charge in [-0.05, 0) is 18.4 Å². The van der Waals surface area contributed by atoms with E-state index in [2.05, 4.69) is 0 Å². The Bertz CT molecular complexity index is 168. The first kappa shape index (κ1) is 6.81. The SMILES string of the molecule is CC1SC=CC1=C(F)F. The van der Waals surface area contributed by atoms with Gasteiger partial charge in [0, 0.05) is 10.8 Å². The van der Waals surface area contributed by atoms with E-state index in [4.69, 9.17) is 0 Å². The Balaban J connectivity index is 2.82. The Labute approximate surface area is 56.6 Å². The van der Waals surface area contributed by atoms with Crippen LogP contribution in [0.15, 0.2) is 23.1 Å². The molecule has 1 aliphatic heterocycles. The molecule has 1 heterocycles. The summed E-state index contributed by atoms with van der Waals surface area (Å²) in [5.41, 5.74) is 0.167. The lowest BCUT2D eigenvalue weighted by Gasteiger charge is -1.99. The van der Waals surface area contributed by atoms with E-state index in [0.717, 1.165) is 0 Å². The molecule has 3 heteroatoms. The van der Waals surface area contributed by atoms with E-state index in [1.54, 1.807) is 12.3 Å². The summed E-state index contributed by atoms with van der Waals surface area (Å²) in [5, 5.41) is 1.63. The van der Waals surface area contributed by atoms with Crippen LogP contribution in [0.2, 0.25) is 0 Å². The zero-order chi connectivity index (χ0) is 6.85. The second kappa shape index (κ2) is 2.52. The van der Waals surface area contributed by atoms with Crippen molar-refractivity contribution in [1.29, 1.82) is 0 Å². The molecular formula is C6H6F2S. The third-order valence-electron chi connectivity index (χ3n) is 1.19. The van der Waals surface area contributed by atoms with Gasteiger partial charge in [-0.15, -0.1) is 11.8 Å². The average Bonchev–Trinajstić information content (AvgIpc) is 2.13. The van der Waals surface area contributed by atoms with E-state index in [1.165, 1.54) is 17.8 Å². The highest BCUT2D eigenvalue weighted by Gasteiger charge is 2.15. The summed E-state index contributed by atoms with van der Waals surface area (Å²) < 4.78 is 23.6. The predicted octanol–water partition coefficient (Wildman–Crippen LogP) is 2.79. The van der Waals surface area contributed by atoms with Crippen LogP contribution in [0, 0.1) is 0 Å². The summed E-state index contributed by atoms with van der Waals surface area (Å²) >= 11 is 1.42. The van der Waals surface area contributed by atoms with Gasteiger partial charge in [-0.3, -0.25) is 0 Å². The van der Waals surface area contributed by atoms with Gasteiger partial charge in [-0.2, -0.15) is 8.78 Å². The molecule has 9 heavy (non-hydrogen) atoms. The summed E-state index contributed by atoms with van der Waals surface area (Å²) in [6.07, 6.45) is -0.0891. The summed E-state index contributed by atoms with van der Waals surface area (Å²) in [7, 11) is 0. The number of thioether (sulfide) groups is 1. The lowest BCUT2D eigenvalue weighted by Crippen LogP contribution is -1.92. The number of rotatable bonds is 0. The molecule has 1 unspecified atom stereocenters. The number of allylic oxidation sites excluding steroid dienone is 1. The van der Waals surface area contributed by atoms with Crippen molar-refractivity contribution in [1.82, 2.24) is 0 Å². The van der Waals surface area contributed by atoms with Crippen molar-refractivity contribution in [2.24, 2.45) is 0 Å². The fourth-order valence-electron chi connectivity index (χ4n) is 0.656. The summed E-state index contributed by atoms with van der Waals surface area (Å²) in [5.74, 6) is 0. The molecule has 50 valence electrons. The summed E-state index contributed by atoms with van der Waals surface area (Å²) in [6.45, 7) is 1.76. The van der Waals surface area contributed by atoms with E-state index in [-0.39, 0.29) is 10.8 Å². The van der Waals surface area contributed by atoms with Crippen LogP contribution in [-0.4, -0.2) is 5.25 Å². The van der Waals surface area contributed by atoms with Crippen LogP contribution in [0.4, 0.5) is 8.78 Å². The zero-order valence-electron chi connectivity index (χ0n) is 4.90. The molecule has 0 bridgehead atoms. The van der Waals surface area contributed by atoms with Gasteiger partial charge in [-0.25, -0.2) is 0 Å². The maximum Gasteiger partial charge on any atom is 0.274 e. The van der Waals surface area contributed by atoms with Crippen LogP contribution in [0.1, 0.15) is 6.92 Å². The Morgan fingerprint density at radius 2 is 2.33 bits per heavy atom. The monoisotopic (exact) mass is 148 g/mol. The molecule has 0 amide bonds. The molecule has 1 aliphatic rings. The Kier molecular flexibility index (Phi) is 1.90. The number of halogens is 2. The van der Waals surface area contributed by atoms with Crippen molar-refractivity contribution in [3.63, 3.8) is 0 Å². The highest BCUT2D eigenvalue weighted by atomic mass is 32.2. The molecule has 0 fully saturated rings. The molecule has 0 nitrogen and oxygen atoms in total. The molecule has 0 aromatic heterocycles. The fourth-order valence-corrected chi connectivity index (χ4v) is 1.43. The Morgan fingerprint density at radius 1 is 1.67 bits per heavy atom. The van der Waals surface area contributed by atoms with E-state index in [9.17, 15) is 8.78 Å². The first-order chi connectivity index (χ1) is 4.22. The molecule has 1 atom stereocenters. The van der Waals surface area contributed by atoms with Crippen molar-refractivity contribution in [3.8, 4) is 0 Å². The van der Waals surface area contributed by atoms with E-state index < -0.39 is 6.08 Å². The van der Waals surface area contributed by atoms with Gasteiger partial charge < -0.3 is 0 Å². The minimum absolute atomic E-state index is 0.0602. The van der Waals surface area contributed by atoms with Crippen molar-refractivity contribution >= 4 is 11.8 Å². The molecule has 0 saturated carbocycles. The normalized spacial score (nSPS) is 25.2. The van der Waals surface area contributed by atoms with E-state index in [0.29, 0.717) is 0 Å². The molecule has 0 aromatic rings. The molecule has 0 N–H and O–H groups in total.